The van der Waals surface area contributed by atoms with Gasteiger partial charge in [0, 0.05) is 12.8 Å². The number of aliphatic hydroxyl groups excluding tert-OH is 1. The van der Waals surface area contributed by atoms with Crippen LogP contribution in [0.1, 0.15) is 11.1 Å². The number of hydrogen-bond acceptors (Lipinski definition) is 2. The van der Waals surface area contributed by atoms with Gasteiger partial charge in [-0.15, -0.1) is 0 Å². The number of alkyl halides is 2. The quantitative estimate of drug-likeness (QED) is 0.831. The standard InChI is InChI=1S/C11H12F2O2/c12-11(13)9(14)6-7-1-2-10-8(5-7)3-4-15-10/h1-2,5,9,11,14H,3-4,6H2. The predicted octanol–water partition coefficient (Wildman–Crippen LogP) is 1.79. The maximum absolute atomic E-state index is 12.1. The normalized spacial score (nSPS) is 16.3. The zero-order chi connectivity index (χ0) is 10.8. The van der Waals surface area contributed by atoms with Gasteiger partial charge in [0.15, 0.2) is 0 Å². The van der Waals surface area contributed by atoms with Gasteiger partial charge in [-0.25, -0.2) is 8.78 Å². The first-order valence-electron chi connectivity index (χ1n) is 4.87. The first-order valence-corrected chi connectivity index (χ1v) is 4.87. The summed E-state index contributed by atoms with van der Waals surface area (Å²) in [5, 5.41) is 9.05. The van der Waals surface area contributed by atoms with E-state index in [2.05, 4.69) is 0 Å². The number of aliphatic hydroxyl groups is 1. The van der Waals surface area contributed by atoms with Gasteiger partial charge in [0.25, 0.3) is 6.43 Å². The lowest BCUT2D eigenvalue weighted by Crippen LogP contribution is -2.20. The highest BCUT2D eigenvalue weighted by atomic mass is 19.3. The molecule has 4 heteroatoms. The molecule has 1 atom stereocenters. The Balaban J connectivity index is 2.10. The van der Waals surface area contributed by atoms with Gasteiger partial charge < -0.3 is 9.84 Å². The van der Waals surface area contributed by atoms with Crippen LogP contribution in [0.5, 0.6) is 5.75 Å². The molecule has 1 heterocycles. The lowest BCUT2D eigenvalue weighted by atomic mass is 10.0. The molecule has 0 spiro atoms. The van der Waals surface area contributed by atoms with Crippen LogP contribution in [0.15, 0.2) is 18.2 Å². The lowest BCUT2D eigenvalue weighted by molar-refractivity contribution is -0.00366. The summed E-state index contributed by atoms with van der Waals surface area (Å²) >= 11 is 0. The molecule has 82 valence electrons. The third-order valence-corrected chi connectivity index (χ3v) is 2.49. The highest BCUT2D eigenvalue weighted by Crippen LogP contribution is 2.26. The predicted molar refractivity (Wildman–Crippen MR) is 51.4 cm³/mol. The Labute approximate surface area is 86.5 Å². The molecule has 0 aromatic heterocycles. The topological polar surface area (TPSA) is 29.5 Å². The van der Waals surface area contributed by atoms with Gasteiger partial charge >= 0.3 is 0 Å². The number of ether oxygens (including phenoxy) is 1. The Morgan fingerprint density at radius 2 is 2.20 bits per heavy atom. The van der Waals surface area contributed by atoms with Crippen molar-refractivity contribution in [3.63, 3.8) is 0 Å². The molecule has 0 saturated heterocycles. The number of rotatable bonds is 3. The Kier molecular flexibility index (Phi) is 2.86. The van der Waals surface area contributed by atoms with Crippen LogP contribution in [-0.2, 0) is 12.8 Å². The molecule has 1 aliphatic heterocycles. The van der Waals surface area contributed by atoms with Crippen LogP contribution in [-0.4, -0.2) is 24.2 Å². The lowest BCUT2D eigenvalue weighted by Gasteiger charge is -2.09. The largest absolute Gasteiger partial charge is 0.493 e. The molecule has 1 N–H and O–H groups in total. The van der Waals surface area contributed by atoms with E-state index in [1.54, 1.807) is 12.1 Å². The molecule has 0 fully saturated rings. The van der Waals surface area contributed by atoms with Crippen molar-refractivity contribution in [1.29, 1.82) is 0 Å². The average Bonchev–Trinajstić information content (AvgIpc) is 2.64. The molecule has 1 aromatic carbocycles. The van der Waals surface area contributed by atoms with Crippen molar-refractivity contribution < 1.29 is 18.6 Å². The van der Waals surface area contributed by atoms with Crippen LogP contribution in [0, 0.1) is 0 Å². The van der Waals surface area contributed by atoms with Crippen LogP contribution in [0.4, 0.5) is 8.78 Å². The second kappa shape index (κ2) is 4.14. The zero-order valence-electron chi connectivity index (χ0n) is 8.12. The Morgan fingerprint density at radius 1 is 1.40 bits per heavy atom. The van der Waals surface area contributed by atoms with Crippen molar-refractivity contribution in [3.8, 4) is 5.75 Å². The van der Waals surface area contributed by atoms with Crippen molar-refractivity contribution >= 4 is 0 Å². The maximum Gasteiger partial charge on any atom is 0.264 e. The van der Waals surface area contributed by atoms with E-state index in [0.29, 0.717) is 6.61 Å². The van der Waals surface area contributed by atoms with E-state index in [-0.39, 0.29) is 6.42 Å². The van der Waals surface area contributed by atoms with Crippen LogP contribution in [0.25, 0.3) is 0 Å². The Hall–Kier alpha value is -1.16. The summed E-state index contributed by atoms with van der Waals surface area (Å²) in [6.07, 6.45) is -3.46. The molecule has 0 bridgehead atoms. The fourth-order valence-electron chi connectivity index (χ4n) is 1.70. The van der Waals surface area contributed by atoms with Crippen molar-refractivity contribution in [3.05, 3.63) is 29.3 Å². The summed E-state index contributed by atoms with van der Waals surface area (Å²) in [5.41, 5.74) is 1.76. The van der Waals surface area contributed by atoms with E-state index in [4.69, 9.17) is 9.84 Å². The number of hydrogen-bond donors (Lipinski definition) is 1. The van der Waals surface area contributed by atoms with Crippen LogP contribution in [0.2, 0.25) is 0 Å². The fourth-order valence-corrected chi connectivity index (χ4v) is 1.70. The molecule has 1 unspecified atom stereocenters. The molecule has 15 heavy (non-hydrogen) atoms. The van der Waals surface area contributed by atoms with Crippen molar-refractivity contribution in [2.75, 3.05) is 6.61 Å². The van der Waals surface area contributed by atoms with Gasteiger partial charge in [0.05, 0.1) is 6.61 Å². The molecule has 0 radical (unpaired) electrons. The molecule has 1 aliphatic rings. The first kappa shape index (κ1) is 10.4. The van der Waals surface area contributed by atoms with Crippen LogP contribution < -0.4 is 4.74 Å². The smallest absolute Gasteiger partial charge is 0.264 e. The van der Waals surface area contributed by atoms with Gasteiger partial charge in [0.1, 0.15) is 11.9 Å². The van der Waals surface area contributed by atoms with E-state index < -0.39 is 12.5 Å². The molecule has 0 amide bonds. The minimum Gasteiger partial charge on any atom is -0.493 e. The van der Waals surface area contributed by atoms with Crippen molar-refractivity contribution in [1.82, 2.24) is 0 Å². The van der Waals surface area contributed by atoms with Crippen LogP contribution >= 0.6 is 0 Å². The SMILES string of the molecule is OC(Cc1ccc2c(c1)CCO2)C(F)F. The Bertz CT molecular complexity index is 352. The van der Waals surface area contributed by atoms with Gasteiger partial charge in [-0.3, -0.25) is 0 Å². The summed E-state index contributed by atoms with van der Waals surface area (Å²) in [6.45, 7) is 0.649. The summed E-state index contributed by atoms with van der Waals surface area (Å²) in [4.78, 5) is 0. The molecule has 0 saturated carbocycles. The average molecular weight is 214 g/mol. The summed E-state index contributed by atoms with van der Waals surface area (Å²) in [5.74, 6) is 0.824. The minimum absolute atomic E-state index is 0.00898. The molecular formula is C11H12F2O2. The highest BCUT2D eigenvalue weighted by Gasteiger charge is 2.18. The monoisotopic (exact) mass is 214 g/mol. The van der Waals surface area contributed by atoms with Gasteiger partial charge in [0.2, 0.25) is 0 Å². The molecule has 1 aromatic rings. The van der Waals surface area contributed by atoms with Gasteiger partial charge in [-0.05, 0) is 17.2 Å². The molecule has 0 aliphatic carbocycles. The second-order valence-electron chi connectivity index (χ2n) is 3.65. The summed E-state index contributed by atoms with van der Waals surface area (Å²) in [6, 6.07) is 5.32. The third-order valence-electron chi connectivity index (χ3n) is 2.49. The van der Waals surface area contributed by atoms with Crippen molar-refractivity contribution in [2.24, 2.45) is 0 Å². The fraction of sp³-hybridized carbons (Fsp3) is 0.455. The summed E-state index contributed by atoms with van der Waals surface area (Å²) < 4.78 is 29.5. The number of halogens is 2. The second-order valence-corrected chi connectivity index (χ2v) is 3.65. The van der Waals surface area contributed by atoms with Crippen LogP contribution in [0.3, 0.4) is 0 Å². The van der Waals surface area contributed by atoms with E-state index in [1.807, 2.05) is 6.07 Å². The van der Waals surface area contributed by atoms with E-state index in [0.717, 1.165) is 23.3 Å². The van der Waals surface area contributed by atoms with E-state index in [1.165, 1.54) is 0 Å². The molecule has 2 rings (SSSR count). The maximum atomic E-state index is 12.1. The number of fused-ring (bicyclic) bond motifs is 1. The number of benzene rings is 1. The van der Waals surface area contributed by atoms with Gasteiger partial charge in [-0.1, -0.05) is 12.1 Å². The molecular weight excluding hydrogens is 202 g/mol. The zero-order valence-corrected chi connectivity index (χ0v) is 8.12. The van der Waals surface area contributed by atoms with E-state index >= 15 is 0 Å². The summed E-state index contributed by atoms with van der Waals surface area (Å²) in [7, 11) is 0. The minimum atomic E-state index is -2.69. The van der Waals surface area contributed by atoms with E-state index in [9.17, 15) is 8.78 Å². The third kappa shape index (κ3) is 2.26. The first-order chi connectivity index (χ1) is 7.16. The molecule has 2 nitrogen and oxygen atoms in total. The Morgan fingerprint density at radius 3 is 2.93 bits per heavy atom. The van der Waals surface area contributed by atoms with Gasteiger partial charge in [-0.2, -0.15) is 0 Å². The highest BCUT2D eigenvalue weighted by molar-refractivity contribution is 5.39. The van der Waals surface area contributed by atoms with Crippen molar-refractivity contribution in [2.45, 2.75) is 25.4 Å².